The number of fused-ring (bicyclic) bond motifs is 1. The van der Waals surface area contributed by atoms with Crippen molar-refractivity contribution in [3.05, 3.63) is 53.5 Å². The summed E-state index contributed by atoms with van der Waals surface area (Å²) in [7, 11) is 0. The summed E-state index contributed by atoms with van der Waals surface area (Å²) in [4.78, 5) is 53.2. The van der Waals surface area contributed by atoms with Gasteiger partial charge in [0.15, 0.2) is 0 Å². The van der Waals surface area contributed by atoms with E-state index in [2.05, 4.69) is 14.9 Å². The number of nitrogens with zero attached hydrogens (tertiary/aromatic N) is 5. The van der Waals surface area contributed by atoms with Crippen molar-refractivity contribution in [2.45, 2.75) is 33.2 Å². The maximum Gasteiger partial charge on any atom is 0.262 e. The molecule has 3 amide bonds. The number of anilines is 1. The Labute approximate surface area is 181 Å². The number of aryl methyl sites for hydroxylation is 1. The highest BCUT2D eigenvalue weighted by atomic mass is 16.2. The summed E-state index contributed by atoms with van der Waals surface area (Å²) < 4.78 is 0. The molecule has 8 heteroatoms. The van der Waals surface area contributed by atoms with Crippen LogP contribution in [0.5, 0.6) is 0 Å². The largest absolute Gasteiger partial charge is 0.353 e. The van der Waals surface area contributed by atoms with Crippen LogP contribution in [-0.4, -0.2) is 69.7 Å². The highest BCUT2D eigenvalue weighted by Gasteiger charge is 2.45. The van der Waals surface area contributed by atoms with E-state index in [1.807, 2.05) is 26.8 Å². The van der Waals surface area contributed by atoms with Gasteiger partial charge in [-0.05, 0) is 25.0 Å². The number of carbonyl (C=O) groups excluding carboxylic acids is 3. The molecule has 0 saturated carbocycles. The summed E-state index contributed by atoms with van der Waals surface area (Å²) in [6, 6.07) is 7.90. The van der Waals surface area contributed by atoms with E-state index < -0.39 is 6.04 Å². The van der Waals surface area contributed by atoms with Gasteiger partial charge in [-0.3, -0.25) is 19.3 Å². The van der Waals surface area contributed by atoms with Crippen LogP contribution in [0.4, 0.5) is 5.82 Å². The van der Waals surface area contributed by atoms with Crippen molar-refractivity contribution < 1.29 is 14.4 Å². The van der Waals surface area contributed by atoms with Gasteiger partial charge in [-0.1, -0.05) is 32.4 Å². The molecule has 31 heavy (non-hydrogen) atoms. The Balaban J connectivity index is 1.53. The van der Waals surface area contributed by atoms with Crippen molar-refractivity contribution in [2.75, 3.05) is 31.1 Å². The van der Waals surface area contributed by atoms with Crippen LogP contribution in [0.25, 0.3) is 0 Å². The Morgan fingerprint density at radius 1 is 1.03 bits per heavy atom. The molecule has 1 fully saturated rings. The van der Waals surface area contributed by atoms with Gasteiger partial charge >= 0.3 is 0 Å². The highest BCUT2D eigenvalue weighted by Crippen LogP contribution is 2.29. The fourth-order valence-corrected chi connectivity index (χ4v) is 4.25. The van der Waals surface area contributed by atoms with Crippen molar-refractivity contribution >= 4 is 23.5 Å². The number of benzene rings is 1. The number of aromatic nitrogens is 2. The van der Waals surface area contributed by atoms with Gasteiger partial charge in [-0.15, -0.1) is 0 Å². The number of piperazine rings is 1. The number of hydrogen-bond donors (Lipinski definition) is 0. The van der Waals surface area contributed by atoms with Crippen LogP contribution in [0.15, 0.2) is 36.7 Å². The smallest absolute Gasteiger partial charge is 0.262 e. The Morgan fingerprint density at radius 3 is 2.19 bits per heavy atom. The molecule has 0 radical (unpaired) electrons. The summed E-state index contributed by atoms with van der Waals surface area (Å²) in [5.41, 5.74) is 1.64. The molecule has 8 nitrogen and oxygen atoms in total. The first kappa shape index (κ1) is 21.0. The maximum absolute atomic E-state index is 13.6. The van der Waals surface area contributed by atoms with E-state index in [4.69, 9.17) is 0 Å². The van der Waals surface area contributed by atoms with Gasteiger partial charge in [-0.25, -0.2) is 9.97 Å². The Bertz CT molecular complexity index is 981. The van der Waals surface area contributed by atoms with Gasteiger partial charge in [0.2, 0.25) is 5.91 Å². The minimum Gasteiger partial charge on any atom is -0.353 e. The second kappa shape index (κ2) is 8.45. The quantitative estimate of drug-likeness (QED) is 0.688. The Kier molecular flexibility index (Phi) is 5.71. The zero-order chi connectivity index (χ0) is 22.1. The van der Waals surface area contributed by atoms with Gasteiger partial charge in [0.1, 0.15) is 18.2 Å². The van der Waals surface area contributed by atoms with E-state index in [9.17, 15) is 14.4 Å². The van der Waals surface area contributed by atoms with E-state index in [0.29, 0.717) is 43.7 Å². The summed E-state index contributed by atoms with van der Waals surface area (Å²) in [6.07, 6.45) is 2.23. The molecule has 2 aromatic rings. The molecule has 0 spiro atoms. The fraction of sp³-hybridized carbons (Fsp3) is 0.435. The van der Waals surface area contributed by atoms with Crippen molar-refractivity contribution in [3.8, 4) is 0 Å². The first-order valence-electron chi connectivity index (χ1n) is 10.7. The number of amides is 3. The molecular formula is C23H27N5O3. The zero-order valence-electron chi connectivity index (χ0n) is 18.1. The highest BCUT2D eigenvalue weighted by molar-refractivity contribution is 6.22. The van der Waals surface area contributed by atoms with E-state index in [-0.39, 0.29) is 23.6 Å². The van der Waals surface area contributed by atoms with Gasteiger partial charge in [0.05, 0.1) is 11.1 Å². The molecule has 4 rings (SSSR count). The number of imide groups is 1. The Morgan fingerprint density at radius 2 is 1.65 bits per heavy atom. The van der Waals surface area contributed by atoms with Gasteiger partial charge in [0, 0.05) is 37.9 Å². The van der Waals surface area contributed by atoms with Gasteiger partial charge < -0.3 is 9.80 Å². The Hall–Kier alpha value is -3.29. The monoisotopic (exact) mass is 421 g/mol. The lowest BCUT2D eigenvalue weighted by Crippen LogP contribution is -2.58. The predicted molar refractivity (Wildman–Crippen MR) is 116 cm³/mol. The lowest BCUT2D eigenvalue weighted by molar-refractivity contribution is -0.137. The van der Waals surface area contributed by atoms with Crippen LogP contribution in [0.2, 0.25) is 0 Å². The van der Waals surface area contributed by atoms with Crippen LogP contribution >= 0.6 is 0 Å². The van der Waals surface area contributed by atoms with Crippen molar-refractivity contribution in [1.29, 1.82) is 0 Å². The molecule has 162 valence electrons. The fourth-order valence-electron chi connectivity index (χ4n) is 4.25. The zero-order valence-corrected chi connectivity index (χ0v) is 18.1. The second-order valence-corrected chi connectivity index (χ2v) is 8.19. The average molecular weight is 422 g/mol. The third-order valence-electron chi connectivity index (χ3n) is 6.24. The van der Waals surface area contributed by atoms with E-state index in [1.165, 1.54) is 4.90 Å². The third kappa shape index (κ3) is 3.78. The van der Waals surface area contributed by atoms with Crippen LogP contribution in [0.3, 0.4) is 0 Å². The molecule has 2 aliphatic heterocycles. The predicted octanol–water partition coefficient (Wildman–Crippen LogP) is 2.14. The van der Waals surface area contributed by atoms with Crippen molar-refractivity contribution in [3.63, 3.8) is 0 Å². The molecule has 1 aromatic heterocycles. The average Bonchev–Trinajstić information content (AvgIpc) is 3.04. The van der Waals surface area contributed by atoms with Crippen molar-refractivity contribution in [1.82, 2.24) is 19.8 Å². The molecule has 3 heterocycles. The minimum absolute atomic E-state index is 0.141. The molecule has 0 bridgehead atoms. The number of hydrogen-bond acceptors (Lipinski definition) is 6. The number of rotatable bonds is 5. The first-order chi connectivity index (χ1) is 14.9. The summed E-state index contributed by atoms with van der Waals surface area (Å²) in [5, 5.41) is 0. The number of carbonyl (C=O) groups is 3. The standard InChI is InChI=1S/C23H27N5O3/c1-4-15(2)20(28-21(29)17-7-5-6-8-18(17)22(28)30)23(31)27-11-9-26(10-12-27)19-13-16(3)24-14-25-19/h5-8,13-15,20H,4,9-12H2,1-3H3. The molecule has 2 unspecified atom stereocenters. The molecule has 1 aromatic carbocycles. The molecular weight excluding hydrogens is 394 g/mol. The third-order valence-corrected chi connectivity index (χ3v) is 6.24. The molecule has 0 aliphatic carbocycles. The van der Waals surface area contributed by atoms with E-state index >= 15 is 0 Å². The molecule has 2 atom stereocenters. The van der Waals surface area contributed by atoms with Gasteiger partial charge in [0.25, 0.3) is 11.8 Å². The maximum atomic E-state index is 13.6. The van der Waals surface area contributed by atoms with E-state index in [1.54, 1.807) is 35.5 Å². The normalized spacial score (nSPS) is 18.2. The summed E-state index contributed by atoms with van der Waals surface area (Å²) >= 11 is 0. The summed E-state index contributed by atoms with van der Waals surface area (Å²) in [5.74, 6) is -0.221. The topological polar surface area (TPSA) is 86.7 Å². The molecule has 1 saturated heterocycles. The van der Waals surface area contributed by atoms with Crippen LogP contribution in [0, 0.1) is 12.8 Å². The lowest BCUT2D eigenvalue weighted by Gasteiger charge is -2.39. The van der Waals surface area contributed by atoms with Crippen LogP contribution < -0.4 is 4.90 Å². The second-order valence-electron chi connectivity index (χ2n) is 8.19. The van der Waals surface area contributed by atoms with Crippen LogP contribution in [-0.2, 0) is 4.79 Å². The van der Waals surface area contributed by atoms with Gasteiger partial charge in [-0.2, -0.15) is 0 Å². The van der Waals surface area contributed by atoms with E-state index in [0.717, 1.165) is 11.5 Å². The lowest BCUT2D eigenvalue weighted by atomic mass is 9.95. The summed E-state index contributed by atoms with van der Waals surface area (Å²) in [6.45, 7) is 8.11. The van der Waals surface area contributed by atoms with Crippen molar-refractivity contribution in [2.24, 2.45) is 5.92 Å². The molecule has 0 N–H and O–H groups in total. The minimum atomic E-state index is -0.801. The first-order valence-corrected chi connectivity index (χ1v) is 10.7. The van der Waals surface area contributed by atoms with Crippen LogP contribution in [0.1, 0.15) is 46.7 Å². The molecule has 2 aliphatic rings. The SMILES string of the molecule is CCC(C)C(C(=O)N1CCN(c2cc(C)ncn2)CC1)N1C(=O)c2ccccc2C1=O.